The first-order valence-electron chi connectivity index (χ1n) is 43.3. The molecule has 0 N–H and O–H groups in total. The van der Waals surface area contributed by atoms with E-state index >= 15 is 0 Å². The highest BCUT2D eigenvalue weighted by Crippen LogP contribution is 2.66. The Labute approximate surface area is 738 Å². The zero-order chi connectivity index (χ0) is 84.4. The van der Waals surface area contributed by atoms with Crippen molar-refractivity contribution in [2.24, 2.45) is 0 Å². The highest BCUT2D eigenvalue weighted by molar-refractivity contribution is 6.21. The zero-order valence-corrected chi connectivity index (χ0v) is 69.0. The maximum absolute atomic E-state index is 6.63. The van der Waals surface area contributed by atoms with Crippen LogP contribution >= 0.6 is 0 Å². The van der Waals surface area contributed by atoms with Gasteiger partial charge in [-0.25, -0.2) is 39.9 Å². The molecule has 2 spiro atoms. The average molecular weight is 1630 g/mol. The van der Waals surface area contributed by atoms with Crippen LogP contribution in [0.1, 0.15) is 44.5 Å². The second-order valence-corrected chi connectivity index (χ2v) is 32.9. The molecular weight excluding hydrogens is 1560 g/mol. The van der Waals surface area contributed by atoms with E-state index in [4.69, 9.17) is 49.3 Å². The second-order valence-electron chi connectivity index (χ2n) is 32.9. The largest absolute Gasteiger partial charge is 0.457 e. The molecular formula is C118H72N8O2. The first-order chi connectivity index (χ1) is 63.4. The van der Waals surface area contributed by atoms with E-state index in [0.29, 0.717) is 34.9 Å². The predicted octanol–water partition coefficient (Wildman–Crippen LogP) is 28.8. The Bertz CT molecular complexity index is 8090. The number of para-hydroxylation sites is 6. The van der Waals surface area contributed by atoms with Gasteiger partial charge in [-0.1, -0.05) is 394 Å². The summed E-state index contributed by atoms with van der Waals surface area (Å²) in [5, 5.41) is 6.89. The van der Waals surface area contributed by atoms with E-state index in [2.05, 4.69) is 340 Å². The number of hydrogen-bond acceptors (Lipinski definition) is 10. The fraction of sp³-hybridized carbons (Fsp3) is 0.0169. The molecule has 128 heavy (non-hydrogen) atoms. The summed E-state index contributed by atoms with van der Waals surface area (Å²) < 4.78 is 13.2. The lowest BCUT2D eigenvalue weighted by Crippen LogP contribution is -2.32. The lowest BCUT2D eigenvalue weighted by Gasteiger charge is -2.39. The van der Waals surface area contributed by atoms with Crippen LogP contribution in [0.25, 0.3) is 179 Å². The van der Waals surface area contributed by atoms with E-state index in [-0.39, 0.29) is 0 Å². The van der Waals surface area contributed by atoms with Gasteiger partial charge in [-0.05, 0) is 109 Å². The number of ether oxygens (including phenoxy) is 2. The average Bonchev–Trinajstić information content (AvgIpc) is 1.51. The minimum atomic E-state index is -0.567. The number of pyridine rings is 2. The van der Waals surface area contributed by atoms with Gasteiger partial charge in [0.15, 0.2) is 34.9 Å². The Kier molecular flexibility index (Phi) is 17.2. The van der Waals surface area contributed by atoms with Crippen LogP contribution in [0.2, 0.25) is 0 Å². The van der Waals surface area contributed by atoms with Crippen LogP contribution in [0.4, 0.5) is 0 Å². The minimum Gasteiger partial charge on any atom is -0.457 e. The van der Waals surface area contributed by atoms with Crippen LogP contribution in [0.15, 0.2) is 437 Å². The van der Waals surface area contributed by atoms with Gasteiger partial charge in [0.25, 0.3) is 0 Å². The monoisotopic (exact) mass is 1630 g/mol. The minimum absolute atomic E-state index is 0.550. The summed E-state index contributed by atoms with van der Waals surface area (Å²) in [6.07, 6.45) is 0. The van der Waals surface area contributed by atoms with Crippen molar-refractivity contribution in [1.29, 1.82) is 0 Å². The molecule has 6 heterocycles. The maximum Gasteiger partial charge on any atom is 0.164 e. The van der Waals surface area contributed by atoms with Crippen molar-refractivity contribution in [2.45, 2.75) is 10.8 Å². The number of hydrogen-bond donors (Lipinski definition) is 0. The van der Waals surface area contributed by atoms with Crippen molar-refractivity contribution in [3.8, 4) is 158 Å². The summed E-state index contributed by atoms with van der Waals surface area (Å²) in [4.78, 5) is 40.8. The summed E-state index contributed by atoms with van der Waals surface area (Å²) in [6.45, 7) is 0. The lowest BCUT2D eigenvalue weighted by molar-refractivity contribution is 0.436. The molecule has 22 aromatic rings. The molecule has 0 fully saturated rings. The molecule has 2 aliphatic heterocycles. The molecule has 0 amide bonds. The summed E-state index contributed by atoms with van der Waals surface area (Å²) in [5.74, 6) is 7.31. The van der Waals surface area contributed by atoms with Gasteiger partial charge in [0, 0.05) is 99.1 Å². The van der Waals surface area contributed by atoms with Crippen LogP contribution < -0.4 is 9.47 Å². The van der Waals surface area contributed by atoms with Crippen LogP contribution in [-0.4, -0.2) is 39.9 Å². The Morgan fingerprint density at radius 1 is 0.164 bits per heavy atom. The highest BCUT2D eigenvalue weighted by atomic mass is 16.5. The van der Waals surface area contributed by atoms with Crippen molar-refractivity contribution in [3.63, 3.8) is 0 Å². The van der Waals surface area contributed by atoms with Crippen molar-refractivity contribution < 1.29 is 9.47 Å². The SMILES string of the molecule is c1ccc(-c2cccc(-c3nc(-c4ccccc4)nc(-c4ccc(-c5nc6ccccc6c6c7c(ccc56)C5(c6ccccc6Oc6ccccc65)c5ccccc5-7)cc4)n3)c2)cc1.c1ccc(-c2nc(-c3ccccc3)nc(-c3ccc(-c4ccc(-c5nc6ccccc6c6c7c(ccc56)C5(c6ccccc6Oc6ccccc65)c5ccccc5-7)cc4)cc3)n2)cc1. The summed E-state index contributed by atoms with van der Waals surface area (Å²) in [7, 11) is 0. The van der Waals surface area contributed by atoms with Crippen molar-refractivity contribution in [2.75, 3.05) is 0 Å². The van der Waals surface area contributed by atoms with Crippen LogP contribution in [0, 0.1) is 0 Å². The molecule has 0 saturated heterocycles. The molecule has 0 atom stereocenters. The smallest absolute Gasteiger partial charge is 0.164 e. The van der Waals surface area contributed by atoms with E-state index in [1.807, 2.05) is 97.1 Å². The summed E-state index contributed by atoms with van der Waals surface area (Å²) in [5.41, 5.74) is 29.3. The molecule has 0 bridgehead atoms. The molecule has 26 rings (SSSR count). The third-order valence-electron chi connectivity index (χ3n) is 26.0. The molecule has 0 radical (unpaired) electrons. The van der Waals surface area contributed by atoms with Gasteiger partial charge in [-0.2, -0.15) is 0 Å². The van der Waals surface area contributed by atoms with Crippen LogP contribution in [0.5, 0.6) is 23.0 Å². The van der Waals surface area contributed by atoms with Gasteiger partial charge in [0.1, 0.15) is 23.0 Å². The van der Waals surface area contributed by atoms with Gasteiger partial charge in [-0.3, -0.25) is 0 Å². The van der Waals surface area contributed by atoms with Crippen LogP contribution in [-0.2, 0) is 10.8 Å². The number of nitrogens with zero attached hydrogens (tertiary/aromatic N) is 8. The van der Waals surface area contributed by atoms with Gasteiger partial charge in [0.2, 0.25) is 0 Å². The number of benzene rings is 18. The Morgan fingerprint density at radius 3 is 0.805 bits per heavy atom. The lowest BCUT2D eigenvalue weighted by atomic mass is 9.66. The maximum atomic E-state index is 6.63. The normalized spacial score (nSPS) is 12.9. The van der Waals surface area contributed by atoms with Crippen molar-refractivity contribution in [3.05, 3.63) is 481 Å². The van der Waals surface area contributed by atoms with Gasteiger partial charge < -0.3 is 9.47 Å². The zero-order valence-electron chi connectivity index (χ0n) is 69.0. The Morgan fingerprint density at radius 2 is 0.430 bits per heavy atom. The second kappa shape index (κ2) is 29.9. The van der Waals surface area contributed by atoms with Gasteiger partial charge >= 0.3 is 0 Å². The number of fused-ring (bicyclic) bond motifs is 26. The molecule has 4 aromatic heterocycles. The van der Waals surface area contributed by atoms with Crippen molar-refractivity contribution in [1.82, 2.24) is 39.9 Å². The first kappa shape index (κ1) is 73.6. The van der Waals surface area contributed by atoms with Gasteiger partial charge in [0.05, 0.1) is 33.3 Å². The predicted molar refractivity (Wildman–Crippen MR) is 514 cm³/mol. The first-order valence-corrected chi connectivity index (χ1v) is 43.3. The molecule has 596 valence electrons. The topological polar surface area (TPSA) is 122 Å². The third kappa shape index (κ3) is 11.7. The number of aromatic nitrogens is 8. The quantitative estimate of drug-likeness (QED) is 0.122. The van der Waals surface area contributed by atoms with Crippen molar-refractivity contribution >= 4 is 43.4 Å². The van der Waals surface area contributed by atoms with E-state index < -0.39 is 10.8 Å². The Hall–Kier alpha value is -17.1. The fourth-order valence-corrected chi connectivity index (χ4v) is 20.4. The summed E-state index contributed by atoms with van der Waals surface area (Å²) >= 11 is 0. The molecule has 10 heteroatoms. The van der Waals surface area contributed by atoms with Gasteiger partial charge in [-0.15, -0.1) is 0 Å². The molecule has 10 nitrogen and oxygen atoms in total. The summed E-state index contributed by atoms with van der Waals surface area (Å²) in [6, 6.07) is 153. The fourth-order valence-electron chi connectivity index (χ4n) is 20.4. The van der Waals surface area contributed by atoms with E-state index in [1.54, 1.807) is 0 Å². The number of rotatable bonds is 10. The van der Waals surface area contributed by atoms with Crippen LogP contribution in [0.3, 0.4) is 0 Å². The third-order valence-corrected chi connectivity index (χ3v) is 26.0. The Balaban J connectivity index is 0.000000139. The molecule has 0 saturated carbocycles. The van der Waals surface area contributed by atoms with E-state index in [1.165, 1.54) is 55.3 Å². The molecule has 0 unspecified atom stereocenters. The van der Waals surface area contributed by atoms with E-state index in [0.717, 1.165) is 156 Å². The molecule has 4 aliphatic rings. The standard InChI is InChI=1S/2C59H36N4O/c1-3-16-37(17-4-1)41-20-15-21-42(36-41)58-62-56(39-18-5-2-6-19-39)61-57(63-58)40-32-30-38(31-33-40)55-45-34-35-49-54(53(45)44-23-8-12-27-50(44)60-55)43-22-7-9-24-46(43)59(49)47-25-10-13-28-51(47)64-52-29-14-11-26-48(52)59;1-3-15-40(16-4-1)56-61-57(41-17-5-2-6-18-41)63-58(62-56)42-33-29-38(30-34-42)37-27-31-39(32-28-37)55-45-35-36-49-54(53(45)44-20-8-12-24-50(44)60-55)43-19-7-9-21-46(43)59(49)47-22-10-13-25-51(47)64-52-26-14-11-23-48(52)59/h2*1-36H. The highest BCUT2D eigenvalue weighted by Gasteiger charge is 2.53. The molecule has 18 aromatic carbocycles. The molecule has 2 aliphatic carbocycles. The van der Waals surface area contributed by atoms with E-state index in [9.17, 15) is 0 Å².